The Morgan fingerprint density at radius 3 is 2.76 bits per heavy atom. The first-order chi connectivity index (χ1) is 8.00. The van der Waals surface area contributed by atoms with E-state index in [0.29, 0.717) is 11.6 Å². The van der Waals surface area contributed by atoms with E-state index in [4.69, 9.17) is 16.7 Å². The molecule has 1 aromatic rings. The lowest BCUT2D eigenvalue weighted by molar-refractivity contribution is -0.125. The SMILES string of the molecule is CC(O)CN(C)C(=O)/C=C/c1ccccc1Cl. The van der Waals surface area contributed by atoms with E-state index in [2.05, 4.69) is 0 Å². The van der Waals surface area contributed by atoms with Gasteiger partial charge in [-0.3, -0.25) is 4.79 Å². The molecule has 1 atom stereocenters. The molecule has 0 saturated heterocycles. The number of hydrogen-bond acceptors (Lipinski definition) is 2. The van der Waals surface area contributed by atoms with Crippen molar-refractivity contribution in [3.8, 4) is 0 Å². The highest BCUT2D eigenvalue weighted by molar-refractivity contribution is 6.32. The fourth-order valence-corrected chi connectivity index (χ4v) is 1.58. The average molecular weight is 254 g/mol. The van der Waals surface area contributed by atoms with E-state index in [9.17, 15) is 4.79 Å². The fraction of sp³-hybridized carbons (Fsp3) is 0.308. The van der Waals surface area contributed by atoms with Gasteiger partial charge in [0.1, 0.15) is 0 Å². The van der Waals surface area contributed by atoms with Gasteiger partial charge in [0.25, 0.3) is 0 Å². The van der Waals surface area contributed by atoms with Crippen molar-refractivity contribution in [2.24, 2.45) is 0 Å². The van der Waals surface area contributed by atoms with Crippen LogP contribution in [0.3, 0.4) is 0 Å². The Labute approximate surface area is 106 Å². The van der Waals surface area contributed by atoms with Crippen LogP contribution >= 0.6 is 11.6 Å². The molecule has 4 heteroatoms. The van der Waals surface area contributed by atoms with Gasteiger partial charge in [0.15, 0.2) is 0 Å². The molecule has 1 aromatic carbocycles. The lowest BCUT2D eigenvalue weighted by atomic mass is 10.2. The van der Waals surface area contributed by atoms with Crippen LogP contribution in [0.5, 0.6) is 0 Å². The molecule has 0 radical (unpaired) electrons. The van der Waals surface area contributed by atoms with Crippen molar-refractivity contribution in [2.75, 3.05) is 13.6 Å². The van der Waals surface area contributed by atoms with Gasteiger partial charge in [-0.2, -0.15) is 0 Å². The molecule has 0 aliphatic carbocycles. The molecule has 1 unspecified atom stereocenters. The third-order valence-electron chi connectivity index (χ3n) is 2.22. The zero-order chi connectivity index (χ0) is 12.8. The third-order valence-corrected chi connectivity index (χ3v) is 2.57. The van der Waals surface area contributed by atoms with E-state index in [1.54, 1.807) is 26.1 Å². The summed E-state index contributed by atoms with van der Waals surface area (Å²) in [7, 11) is 1.64. The lowest BCUT2D eigenvalue weighted by Gasteiger charge is -2.16. The second-order valence-electron chi connectivity index (χ2n) is 3.92. The molecule has 1 amide bonds. The molecular weight excluding hydrogens is 238 g/mol. The van der Waals surface area contributed by atoms with Gasteiger partial charge < -0.3 is 10.0 Å². The highest BCUT2D eigenvalue weighted by Gasteiger charge is 2.07. The van der Waals surface area contributed by atoms with Crippen LogP contribution in [0.15, 0.2) is 30.3 Å². The van der Waals surface area contributed by atoms with E-state index in [0.717, 1.165) is 5.56 Å². The van der Waals surface area contributed by atoms with Crippen LogP contribution in [-0.4, -0.2) is 35.6 Å². The maximum atomic E-state index is 11.6. The molecule has 0 saturated carbocycles. The van der Waals surface area contributed by atoms with Crippen molar-refractivity contribution in [3.05, 3.63) is 40.9 Å². The number of nitrogens with zero attached hydrogens (tertiary/aromatic N) is 1. The monoisotopic (exact) mass is 253 g/mol. The Hall–Kier alpha value is -1.32. The highest BCUT2D eigenvalue weighted by Crippen LogP contribution is 2.16. The number of halogens is 1. The Balaban J connectivity index is 2.65. The first kappa shape index (κ1) is 13.7. The van der Waals surface area contributed by atoms with Crippen LogP contribution in [-0.2, 0) is 4.79 Å². The number of amides is 1. The molecule has 17 heavy (non-hydrogen) atoms. The van der Waals surface area contributed by atoms with E-state index in [1.165, 1.54) is 11.0 Å². The molecule has 0 aliphatic rings. The molecule has 0 aliphatic heterocycles. The van der Waals surface area contributed by atoms with Gasteiger partial charge in [0.2, 0.25) is 5.91 Å². The number of likely N-dealkylation sites (N-methyl/N-ethyl adjacent to an activating group) is 1. The van der Waals surface area contributed by atoms with Crippen molar-refractivity contribution in [1.82, 2.24) is 4.90 Å². The topological polar surface area (TPSA) is 40.5 Å². The van der Waals surface area contributed by atoms with Crippen molar-refractivity contribution < 1.29 is 9.90 Å². The number of aliphatic hydroxyl groups is 1. The van der Waals surface area contributed by atoms with E-state index >= 15 is 0 Å². The molecule has 0 bridgehead atoms. The van der Waals surface area contributed by atoms with Crippen LogP contribution < -0.4 is 0 Å². The highest BCUT2D eigenvalue weighted by atomic mass is 35.5. The zero-order valence-corrected chi connectivity index (χ0v) is 10.7. The lowest BCUT2D eigenvalue weighted by Crippen LogP contribution is -2.31. The summed E-state index contributed by atoms with van der Waals surface area (Å²) in [4.78, 5) is 13.1. The summed E-state index contributed by atoms with van der Waals surface area (Å²) in [5, 5.41) is 9.77. The van der Waals surface area contributed by atoms with Crippen molar-refractivity contribution in [3.63, 3.8) is 0 Å². The maximum Gasteiger partial charge on any atom is 0.246 e. The zero-order valence-electron chi connectivity index (χ0n) is 9.93. The van der Waals surface area contributed by atoms with Gasteiger partial charge in [0.05, 0.1) is 6.10 Å². The summed E-state index contributed by atoms with van der Waals surface area (Å²) in [5.74, 6) is -0.161. The summed E-state index contributed by atoms with van der Waals surface area (Å²) in [6, 6.07) is 7.29. The molecule has 1 N–H and O–H groups in total. The van der Waals surface area contributed by atoms with Crippen molar-refractivity contribution in [2.45, 2.75) is 13.0 Å². The fourth-order valence-electron chi connectivity index (χ4n) is 1.38. The summed E-state index contributed by atoms with van der Waals surface area (Å²) < 4.78 is 0. The van der Waals surface area contributed by atoms with E-state index in [1.807, 2.05) is 18.2 Å². The van der Waals surface area contributed by atoms with Gasteiger partial charge in [-0.15, -0.1) is 0 Å². The Kier molecular flexibility index (Phi) is 5.19. The van der Waals surface area contributed by atoms with E-state index in [-0.39, 0.29) is 5.91 Å². The smallest absolute Gasteiger partial charge is 0.246 e. The molecule has 0 fully saturated rings. The maximum absolute atomic E-state index is 11.6. The van der Waals surface area contributed by atoms with Gasteiger partial charge in [0, 0.05) is 24.7 Å². The van der Waals surface area contributed by atoms with Crippen LogP contribution in [0.4, 0.5) is 0 Å². The quantitative estimate of drug-likeness (QED) is 0.836. The second-order valence-corrected chi connectivity index (χ2v) is 4.33. The summed E-state index contributed by atoms with van der Waals surface area (Å²) in [6.07, 6.45) is 2.59. The standard InChI is InChI=1S/C13H16ClNO2/c1-10(16)9-15(2)13(17)8-7-11-5-3-4-6-12(11)14/h3-8,10,16H,9H2,1-2H3/b8-7+. The first-order valence-corrected chi connectivity index (χ1v) is 5.74. The average Bonchev–Trinajstić information content (AvgIpc) is 2.26. The van der Waals surface area contributed by atoms with Crippen molar-refractivity contribution in [1.29, 1.82) is 0 Å². The van der Waals surface area contributed by atoms with Gasteiger partial charge in [-0.05, 0) is 24.6 Å². The molecule has 0 spiro atoms. The minimum Gasteiger partial charge on any atom is -0.392 e. The minimum atomic E-state index is -0.530. The van der Waals surface area contributed by atoms with Crippen LogP contribution in [0.2, 0.25) is 5.02 Å². The molecule has 1 rings (SSSR count). The number of carbonyl (C=O) groups excluding carboxylic acids is 1. The molecule has 0 heterocycles. The molecule has 92 valence electrons. The van der Waals surface area contributed by atoms with Gasteiger partial charge in [-0.25, -0.2) is 0 Å². The van der Waals surface area contributed by atoms with E-state index < -0.39 is 6.10 Å². The summed E-state index contributed by atoms with van der Waals surface area (Å²) >= 11 is 5.96. The van der Waals surface area contributed by atoms with Crippen molar-refractivity contribution >= 4 is 23.6 Å². The summed E-state index contributed by atoms with van der Waals surface area (Å²) in [6.45, 7) is 1.95. The number of aliphatic hydroxyl groups excluding tert-OH is 1. The molecule has 0 aromatic heterocycles. The number of hydrogen-bond donors (Lipinski definition) is 1. The predicted molar refractivity (Wildman–Crippen MR) is 69.8 cm³/mol. The Morgan fingerprint density at radius 2 is 2.18 bits per heavy atom. The number of benzene rings is 1. The normalized spacial score (nSPS) is 12.7. The predicted octanol–water partition coefficient (Wildman–Crippen LogP) is 2.19. The Bertz CT molecular complexity index is 416. The third kappa shape index (κ3) is 4.59. The second kappa shape index (κ2) is 6.42. The number of carbonyl (C=O) groups is 1. The summed E-state index contributed by atoms with van der Waals surface area (Å²) in [5.41, 5.74) is 0.799. The van der Waals surface area contributed by atoms with Crippen LogP contribution in [0.25, 0.3) is 6.08 Å². The minimum absolute atomic E-state index is 0.161. The van der Waals surface area contributed by atoms with Gasteiger partial charge in [-0.1, -0.05) is 29.8 Å². The van der Waals surface area contributed by atoms with Crippen LogP contribution in [0.1, 0.15) is 12.5 Å². The first-order valence-electron chi connectivity index (χ1n) is 5.36. The van der Waals surface area contributed by atoms with Gasteiger partial charge >= 0.3 is 0 Å². The van der Waals surface area contributed by atoms with Crippen LogP contribution in [0, 0.1) is 0 Å². The number of rotatable bonds is 4. The Morgan fingerprint density at radius 1 is 1.53 bits per heavy atom. The molecular formula is C13H16ClNO2. The molecule has 3 nitrogen and oxygen atoms in total. The largest absolute Gasteiger partial charge is 0.392 e.